The summed E-state index contributed by atoms with van der Waals surface area (Å²) in [6.45, 7) is 8.36. The van der Waals surface area contributed by atoms with E-state index in [0.29, 0.717) is 17.7 Å². The lowest BCUT2D eigenvalue weighted by Gasteiger charge is -2.36. The highest BCUT2D eigenvalue weighted by Gasteiger charge is 2.22. The van der Waals surface area contributed by atoms with Crippen LogP contribution in [-0.2, 0) is 4.79 Å². The number of hydrogen-bond donors (Lipinski definition) is 2. The average molecular weight is 276 g/mol. The van der Waals surface area contributed by atoms with E-state index < -0.39 is 6.04 Å². The van der Waals surface area contributed by atoms with Gasteiger partial charge in [-0.1, -0.05) is 13.8 Å². The third-order valence-electron chi connectivity index (χ3n) is 3.65. The summed E-state index contributed by atoms with van der Waals surface area (Å²) < 4.78 is 0. The smallest absolute Gasteiger partial charge is 0.242 e. The quantitative estimate of drug-likeness (QED) is 0.884. The van der Waals surface area contributed by atoms with Gasteiger partial charge in [-0.2, -0.15) is 0 Å². The van der Waals surface area contributed by atoms with Gasteiger partial charge in [0.1, 0.15) is 5.82 Å². The number of nitrogens with two attached hydrogens (primary N) is 1. The van der Waals surface area contributed by atoms with E-state index in [2.05, 4.69) is 29.0 Å². The highest BCUT2D eigenvalue weighted by Crippen LogP contribution is 2.26. The van der Waals surface area contributed by atoms with Crippen molar-refractivity contribution in [1.29, 1.82) is 0 Å². The molecule has 2 heterocycles. The molecule has 1 aliphatic rings. The highest BCUT2D eigenvalue weighted by molar-refractivity contribution is 5.93. The van der Waals surface area contributed by atoms with Gasteiger partial charge >= 0.3 is 0 Å². The van der Waals surface area contributed by atoms with Crippen LogP contribution in [0.15, 0.2) is 18.3 Å². The van der Waals surface area contributed by atoms with E-state index in [0.717, 1.165) is 18.8 Å². The maximum Gasteiger partial charge on any atom is 0.242 e. The molecular weight excluding hydrogens is 252 g/mol. The molecule has 0 aliphatic carbocycles. The first-order valence-corrected chi connectivity index (χ1v) is 7.23. The van der Waals surface area contributed by atoms with E-state index in [1.54, 1.807) is 6.92 Å². The second kappa shape index (κ2) is 6.22. The number of piperidine rings is 1. The molecular formula is C15H24N4O. The SMILES string of the molecule is CC1CC(C)CN(c2ccc(NC(=O)C(C)N)nc2)C1. The number of carbonyl (C=O) groups excluding carboxylic acids is 1. The van der Waals surface area contributed by atoms with Crippen LogP contribution in [0.4, 0.5) is 11.5 Å². The van der Waals surface area contributed by atoms with Crippen LogP contribution in [-0.4, -0.2) is 30.0 Å². The Labute approximate surface area is 120 Å². The fourth-order valence-electron chi connectivity index (χ4n) is 2.76. The standard InChI is InChI=1S/C15H24N4O/c1-10-6-11(2)9-19(8-10)13-4-5-14(17-7-13)18-15(20)12(3)16/h4-5,7,10-12H,6,8-9,16H2,1-3H3,(H,17,18,20). The molecule has 1 aromatic rings. The summed E-state index contributed by atoms with van der Waals surface area (Å²) in [5.41, 5.74) is 6.63. The van der Waals surface area contributed by atoms with Crippen molar-refractivity contribution in [2.45, 2.75) is 33.2 Å². The minimum absolute atomic E-state index is 0.217. The molecule has 3 atom stereocenters. The van der Waals surface area contributed by atoms with E-state index in [1.165, 1.54) is 6.42 Å². The zero-order valence-corrected chi connectivity index (χ0v) is 12.5. The number of rotatable bonds is 3. The minimum atomic E-state index is -0.528. The van der Waals surface area contributed by atoms with Gasteiger partial charge in [-0.3, -0.25) is 4.79 Å². The van der Waals surface area contributed by atoms with Gasteiger partial charge in [0.05, 0.1) is 17.9 Å². The Morgan fingerprint density at radius 2 is 2.05 bits per heavy atom. The molecule has 0 aromatic carbocycles. The molecule has 3 N–H and O–H groups in total. The van der Waals surface area contributed by atoms with E-state index >= 15 is 0 Å². The predicted molar refractivity (Wildman–Crippen MR) is 81.7 cm³/mol. The molecule has 1 amide bonds. The molecule has 0 radical (unpaired) electrons. The molecule has 5 heteroatoms. The Bertz CT molecular complexity index is 447. The molecule has 0 bridgehead atoms. The van der Waals surface area contributed by atoms with Crippen molar-refractivity contribution >= 4 is 17.4 Å². The first-order chi connectivity index (χ1) is 9.45. The first-order valence-electron chi connectivity index (χ1n) is 7.23. The lowest BCUT2D eigenvalue weighted by Crippen LogP contribution is -2.38. The van der Waals surface area contributed by atoms with Gasteiger partial charge in [0.2, 0.25) is 5.91 Å². The van der Waals surface area contributed by atoms with Gasteiger partial charge < -0.3 is 16.0 Å². The monoisotopic (exact) mass is 276 g/mol. The van der Waals surface area contributed by atoms with E-state index in [4.69, 9.17) is 5.73 Å². The topological polar surface area (TPSA) is 71.2 Å². The average Bonchev–Trinajstić information content (AvgIpc) is 2.38. The molecule has 2 rings (SSSR count). The molecule has 3 unspecified atom stereocenters. The maximum atomic E-state index is 11.5. The zero-order valence-electron chi connectivity index (χ0n) is 12.5. The second-order valence-corrected chi connectivity index (χ2v) is 6.03. The van der Waals surface area contributed by atoms with Crippen molar-refractivity contribution in [3.8, 4) is 0 Å². The normalized spacial score (nSPS) is 24.3. The summed E-state index contributed by atoms with van der Waals surface area (Å²) in [5.74, 6) is 1.74. The predicted octanol–water partition coefficient (Wildman–Crippen LogP) is 1.85. The van der Waals surface area contributed by atoms with Gasteiger partial charge in [0.15, 0.2) is 0 Å². The molecule has 5 nitrogen and oxygen atoms in total. The Hall–Kier alpha value is -1.62. The summed E-state index contributed by atoms with van der Waals surface area (Å²) in [6.07, 6.45) is 3.11. The van der Waals surface area contributed by atoms with Crippen LogP contribution in [0.1, 0.15) is 27.2 Å². The molecule has 1 saturated heterocycles. The molecule has 20 heavy (non-hydrogen) atoms. The zero-order chi connectivity index (χ0) is 14.7. The van der Waals surface area contributed by atoms with Gasteiger partial charge in [0.25, 0.3) is 0 Å². The summed E-state index contributed by atoms with van der Waals surface area (Å²) in [6, 6.07) is 3.31. The minimum Gasteiger partial charge on any atom is -0.370 e. The first kappa shape index (κ1) is 14.8. The number of nitrogens with zero attached hydrogens (tertiary/aromatic N) is 2. The number of carbonyl (C=O) groups is 1. The Morgan fingerprint density at radius 1 is 1.40 bits per heavy atom. The summed E-state index contributed by atoms with van der Waals surface area (Å²) >= 11 is 0. The third-order valence-corrected chi connectivity index (χ3v) is 3.65. The van der Waals surface area contributed by atoms with E-state index in [9.17, 15) is 4.79 Å². The van der Waals surface area contributed by atoms with Gasteiger partial charge in [-0.05, 0) is 37.3 Å². The van der Waals surface area contributed by atoms with Gasteiger partial charge in [-0.15, -0.1) is 0 Å². The largest absolute Gasteiger partial charge is 0.370 e. The Morgan fingerprint density at radius 3 is 2.55 bits per heavy atom. The fourth-order valence-corrected chi connectivity index (χ4v) is 2.76. The summed E-state index contributed by atoms with van der Waals surface area (Å²) in [4.78, 5) is 18.2. The van der Waals surface area contributed by atoms with Gasteiger partial charge in [0, 0.05) is 13.1 Å². The molecule has 0 saturated carbocycles. The van der Waals surface area contributed by atoms with Crippen LogP contribution in [0, 0.1) is 11.8 Å². The molecule has 0 spiro atoms. The van der Waals surface area contributed by atoms with Crippen LogP contribution in [0.25, 0.3) is 0 Å². The molecule has 1 aromatic heterocycles. The number of hydrogen-bond acceptors (Lipinski definition) is 4. The van der Waals surface area contributed by atoms with Crippen molar-refractivity contribution in [1.82, 2.24) is 4.98 Å². The number of aromatic nitrogens is 1. The van der Waals surface area contributed by atoms with Gasteiger partial charge in [-0.25, -0.2) is 4.98 Å². The number of amides is 1. The number of nitrogens with one attached hydrogen (secondary N) is 1. The molecule has 1 aliphatic heterocycles. The van der Waals surface area contributed by atoms with Crippen molar-refractivity contribution in [2.75, 3.05) is 23.3 Å². The van der Waals surface area contributed by atoms with Crippen LogP contribution >= 0.6 is 0 Å². The van der Waals surface area contributed by atoms with Crippen LogP contribution < -0.4 is 16.0 Å². The van der Waals surface area contributed by atoms with E-state index in [-0.39, 0.29) is 5.91 Å². The van der Waals surface area contributed by atoms with Crippen molar-refractivity contribution in [3.05, 3.63) is 18.3 Å². The second-order valence-electron chi connectivity index (χ2n) is 6.03. The third kappa shape index (κ3) is 3.70. The van der Waals surface area contributed by atoms with Crippen molar-refractivity contribution < 1.29 is 4.79 Å². The molecule has 110 valence electrons. The number of anilines is 2. The lowest BCUT2D eigenvalue weighted by molar-refractivity contribution is -0.117. The van der Waals surface area contributed by atoms with Crippen LogP contribution in [0.5, 0.6) is 0 Å². The van der Waals surface area contributed by atoms with Crippen molar-refractivity contribution in [3.63, 3.8) is 0 Å². The maximum absolute atomic E-state index is 11.5. The Kier molecular flexibility index (Phi) is 4.60. The highest BCUT2D eigenvalue weighted by atomic mass is 16.2. The number of pyridine rings is 1. The Balaban J connectivity index is 2.02. The fraction of sp³-hybridized carbons (Fsp3) is 0.600. The summed E-state index contributed by atoms with van der Waals surface area (Å²) in [7, 11) is 0. The van der Waals surface area contributed by atoms with Crippen molar-refractivity contribution in [2.24, 2.45) is 17.6 Å². The van der Waals surface area contributed by atoms with Crippen LogP contribution in [0.3, 0.4) is 0 Å². The lowest BCUT2D eigenvalue weighted by atomic mass is 9.92. The summed E-state index contributed by atoms with van der Waals surface area (Å²) in [5, 5.41) is 2.70. The van der Waals surface area contributed by atoms with Crippen LogP contribution in [0.2, 0.25) is 0 Å². The van der Waals surface area contributed by atoms with E-state index in [1.807, 2.05) is 18.3 Å². The molecule has 1 fully saturated rings.